The van der Waals surface area contributed by atoms with Crippen LogP contribution in [-0.2, 0) is 10.0 Å². The van der Waals surface area contributed by atoms with Gasteiger partial charge in [0.15, 0.2) is 11.5 Å². The number of amides is 2. The van der Waals surface area contributed by atoms with E-state index in [1.807, 2.05) is 26.0 Å². The van der Waals surface area contributed by atoms with Crippen LogP contribution in [0.3, 0.4) is 0 Å². The van der Waals surface area contributed by atoms with Crippen molar-refractivity contribution < 1.29 is 22.7 Å². The van der Waals surface area contributed by atoms with E-state index in [9.17, 15) is 13.2 Å². The molecule has 2 amide bonds. The Bertz CT molecular complexity index is 1070. The second-order valence-electron chi connectivity index (χ2n) is 8.13. The van der Waals surface area contributed by atoms with E-state index >= 15 is 0 Å². The van der Waals surface area contributed by atoms with E-state index in [1.165, 1.54) is 30.7 Å². The largest absolute Gasteiger partial charge is 0.493 e. The second kappa shape index (κ2) is 10.6. The van der Waals surface area contributed by atoms with Gasteiger partial charge in [0.05, 0.1) is 25.2 Å². The zero-order valence-corrected chi connectivity index (χ0v) is 20.8. The van der Waals surface area contributed by atoms with Crippen LogP contribution >= 0.6 is 11.6 Å². The maximum Gasteiger partial charge on any atom is 0.317 e. The Labute approximate surface area is 200 Å². The fourth-order valence-electron chi connectivity index (χ4n) is 3.79. The van der Waals surface area contributed by atoms with Crippen molar-refractivity contribution in [2.24, 2.45) is 5.92 Å². The summed E-state index contributed by atoms with van der Waals surface area (Å²) in [5.41, 5.74) is 0.970. The summed E-state index contributed by atoms with van der Waals surface area (Å²) in [7, 11) is -0.774. The Hall–Kier alpha value is -2.49. The number of halogens is 1. The van der Waals surface area contributed by atoms with Crippen molar-refractivity contribution in [1.29, 1.82) is 0 Å². The van der Waals surface area contributed by atoms with E-state index in [-0.39, 0.29) is 36.0 Å². The van der Waals surface area contributed by atoms with Gasteiger partial charge in [0.1, 0.15) is 0 Å². The molecule has 8 nitrogen and oxygen atoms in total. The van der Waals surface area contributed by atoms with Gasteiger partial charge in [-0.3, -0.25) is 0 Å². The highest BCUT2D eigenvalue weighted by molar-refractivity contribution is 7.89. The summed E-state index contributed by atoms with van der Waals surface area (Å²) in [5.74, 6) is 0.971. The Morgan fingerprint density at radius 1 is 0.970 bits per heavy atom. The van der Waals surface area contributed by atoms with Gasteiger partial charge in [0.25, 0.3) is 0 Å². The molecule has 33 heavy (non-hydrogen) atoms. The van der Waals surface area contributed by atoms with Gasteiger partial charge in [-0.2, -0.15) is 4.31 Å². The summed E-state index contributed by atoms with van der Waals surface area (Å²) < 4.78 is 38.0. The number of nitrogens with one attached hydrogen (secondary N) is 1. The number of hydrogen-bond donors (Lipinski definition) is 1. The SMILES string of the molecule is COc1ccc(S(=O)(=O)N2CCN(C(=O)NC(c3ccc(Cl)cc3)C(C)C)CC2)cc1OC. The van der Waals surface area contributed by atoms with Gasteiger partial charge in [-0.25, -0.2) is 13.2 Å². The summed E-state index contributed by atoms with van der Waals surface area (Å²) in [4.78, 5) is 14.7. The van der Waals surface area contributed by atoms with Crippen LogP contribution in [0.25, 0.3) is 0 Å². The molecule has 0 spiro atoms. The molecule has 0 saturated carbocycles. The number of carbonyl (C=O) groups excluding carboxylic acids is 1. The molecule has 1 unspecified atom stereocenters. The minimum Gasteiger partial charge on any atom is -0.493 e. The van der Waals surface area contributed by atoms with Gasteiger partial charge >= 0.3 is 6.03 Å². The number of carbonyl (C=O) groups is 1. The highest BCUT2D eigenvalue weighted by atomic mass is 35.5. The van der Waals surface area contributed by atoms with E-state index in [4.69, 9.17) is 21.1 Å². The number of piperazine rings is 1. The Kier molecular flexibility index (Phi) is 8.10. The minimum atomic E-state index is -3.73. The van der Waals surface area contributed by atoms with Gasteiger partial charge in [0.2, 0.25) is 10.0 Å². The molecular weight excluding hydrogens is 466 g/mol. The summed E-state index contributed by atoms with van der Waals surface area (Å²) in [6.45, 7) is 5.07. The van der Waals surface area contributed by atoms with E-state index < -0.39 is 10.0 Å². The number of nitrogens with zero attached hydrogens (tertiary/aromatic N) is 2. The lowest BCUT2D eigenvalue weighted by molar-refractivity contribution is 0.166. The summed E-state index contributed by atoms with van der Waals surface area (Å²) >= 11 is 5.99. The first-order chi connectivity index (χ1) is 15.7. The van der Waals surface area contributed by atoms with Crippen LogP contribution in [0.5, 0.6) is 11.5 Å². The molecule has 180 valence electrons. The predicted molar refractivity (Wildman–Crippen MR) is 127 cm³/mol. The van der Waals surface area contributed by atoms with Gasteiger partial charge in [0, 0.05) is 37.3 Å². The van der Waals surface area contributed by atoms with Crippen molar-refractivity contribution in [2.75, 3.05) is 40.4 Å². The molecule has 1 saturated heterocycles. The molecule has 1 N–H and O–H groups in total. The van der Waals surface area contributed by atoms with Crippen molar-refractivity contribution >= 4 is 27.7 Å². The van der Waals surface area contributed by atoms with Gasteiger partial charge in [-0.15, -0.1) is 0 Å². The van der Waals surface area contributed by atoms with Gasteiger partial charge in [-0.1, -0.05) is 37.6 Å². The molecule has 1 aliphatic heterocycles. The van der Waals surface area contributed by atoms with Crippen LogP contribution in [0.2, 0.25) is 5.02 Å². The zero-order valence-electron chi connectivity index (χ0n) is 19.2. The number of rotatable bonds is 7. The molecule has 0 aromatic heterocycles. The van der Waals surface area contributed by atoms with Crippen LogP contribution in [0.1, 0.15) is 25.5 Å². The first-order valence-electron chi connectivity index (χ1n) is 10.7. The fraction of sp³-hybridized carbons (Fsp3) is 0.435. The summed E-state index contributed by atoms with van der Waals surface area (Å²) in [5, 5.41) is 3.72. The first kappa shape index (κ1) is 25.1. The molecule has 1 atom stereocenters. The Balaban J connectivity index is 1.66. The monoisotopic (exact) mass is 495 g/mol. The summed E-state index contributed by atoms with van der Waals surface area (Å²) in [6.07, 6.45) is 0. The van der Waals surface area contributed by atoms with Crippen molar-refractivity contribution in [1.82, 2.24) is 14.5 Å². The number of ether oxygens (including phenoxy) is 2. The van der Waals surface area contributed by atoms with E-state index in [2.05, 4.69) is 5.32 Å². The standard InChI is InChI=1S/C23H30ClN3O5S/c1-16(2)22(17-5-7-18(24)8-6-17)25-23(28)26-11-13-27(14-12-26)33(29,30)19-9-10-20(31-3)21(15-19)32-4/h5-10,15-16,22H,11-14H2,1-4H3,(H,25,28). The van der Waals surface area contributed by atoms with E-state index in [0.29, 0.717) is 29.6 Å². The van der Waals surface area contributed by atoms with Crippen LogP contribution in [0.15, 0.2) is 47.4 Å². The average molecular weight is 496 g/mol. The van der Waals surface area contributed by atoms with Crippen LogP contribution in [-0.4, -0.2) is 64.1 Å². The second-order valence-corrected chi connectivity index (χ2v) is 10.5. The Morgan fingerprint density at radius 2 is 1.58 bits per heavy atom. The third kappa shape index (κ3) is 5.72. The maximum atomic E-state index is 13.1. The first-order valence-corrected chi connectivity index (χ1v) is 12.5. The molecule has 2 aromatic carbocycles. The molecule has 0 bridgehead atoms. The molecule has 1 aliphatic rings. The molecule has 1 fully saturated rings. The van der Waals surface area contributed by atoms with Crippen molar-refractivity contribution in [3.05, 3.63) is 53.1 Å². The molecule has 1 heterocycles. The smallest absolute Gasteiger partial charge is 0.317 e. The van der Waals surface area contributed by atoms with Crippen LogP contribution in [0.4, 0.5) is 4.79 Å². The molecule has 10 heteroatoms. The number of hydrogen-bond acceptors (Lipinski definition) is 5. The van der Waals surface area contributed by atoms with E-state index in [0.717, 1.165) is 5.56 Å². The van der Waals surface area contributed by atoms with Crippen molar-refractivity contribution in [3.63, 3.8) is 0 Å². The minimum absolute atomic E-state index is 0.126. The topological polar surface area (TPSA) is 88.2 Å². The third-order valence-electron chi connectivity index (χ3n) is 5.69. The quantitative estimate of drug-likeness (QED) is 0.631. The van der Waals surface area contributed by atoms with Crippen molar-refractivity contribution in [3.8, 4) is 11.5 Å². The number of urea groups is 1. The summed E-state index contributed by atoms with van der Waals surface area (Å²) in [6, 6.07) is 11.5. The maximum absolute atomic E-state index is 13.1. The average Bonchev–Trinajstić information content (AvgIpc) is 2.82. The number of methoxy groups -OCH3 is 2. The molecule has 0 radical (unpaired) electrons. The van der Waals surface area contributed by atoms with Crippen molar-refractivity contribution in [2.45, 2.75) is 24.8 Å². The van der Waals surface area contributed by atoms with Gasteiger partial charge < -0.3 is 19.7 Å². The zero-order chi connectivity index (χ0) is 24.2. The normalized spacial score (nSPS) is 15.9. The van der Waals surface area contributed by atoms with Gasteiger partial charge in [-0.05, 0) is 35.7 Å². The molecular formula is C23H30ClN3O5S. The highest BCUT2D eigenvalue weighted by Gasteiger charge is 2.31. The molecule has 0 aliphatic carbocycles. The fourth-order valence-corrected chi connectivity index (χ4v) is 5.35. The Morgan fingerprint density at radius 3 is 2.12 bits per heavy atom. The van der Waals surface area contributed by atoms with E-state index in [1.54, 1.807) is 23.1 Å². The molecule has 2 aromatic rings. The highest BCUT2D eigenvalue weighted by Crippen LogP contribution is 2.31. The number of benzene rings is 2. The predicted octanol–water partition coefficient (Wildman–Crippen LogP) is 3.77. The lowest BCUT2D eigenvalue weighted by atomic mass is 9.96. The third-order valence-corrected chi connectivity index (χ3v) is 7.84. The number of sulfonamides is 1. The molecule has 3 rings (SSSR count). The lowest BCUT2D eigenvalue weighted by Gasteiger charge is -2.35. The van der Waals surface area contributed by atoms with Crippen LogP contribution < -0.4 is 14.8 Å². The van der Waals surface area contributed by atoms with Crippen LogP contribution in [0, 0.1) is 5.92 Å². The lowest BCUT2D eigenvalue weighted by Crippen LogP contribution is -2.53.